The highest BCUT2D eigenvalue weighted by Crippen LogP contribution is 2.33. The number of anilines is 1. The first-order valence-electron chi connectivity index (χ1n) is 7.16. The van der Waals surface area contributed by atoms with Crippen LogP contribution >= 0.6 is 15.9 Å². The Morgan fingerprint density at radius 2 is 1.95 bits per heavy atom. The normalized spacial score (nSPS) is 27.7. The largest absolute Gasteiger partial charge is 0.399 e. The fourth-order valence-corrected chi connectivity index (χ4v) is 5.80. The molecule has 2 heterocycles. The zero-order valence-electron chi connectivity index (χ0n) is 12.0. The molecule has 2 aliphatic rings. The van der Waals surface area contributed by atoms with Crippen LogP contribution in [0.1, 0.15) is 19.3 Å². The molecule has 0 aliphatic carbocycles. The van der Waals surface area contributed by atoms with E-state index < -0.39 is 10.0 Å². The highest BCUT2D eigenvalue weighted by atomic mass is 79.9. The maximum absolute atomic E-state index is 12.9. The standard InChI is InChI=1S/C14H20BrN3O2S/c1-17-11-3-4-12(17)9-18(7-6-11)21(19,20)14-8-10(16)2-5-13(14)15/h2,5,8,11-12H,3-4,6-7,9,16H2,1H3. The van der Waals surface area contributed by atoms with Gasteiger partial charge in [-0.1, -0.05) is 0 Å². The van der Waals surface area contributed by atoms with Crippen LogP contribution in [0.4, 0.5) is 5.69 Å². The van der Waals surface area contributed by atoms with Crippen molar-refractivity contribution in [3.63, 3.8) is 0 Å². The molecule has 5 nitrogen and oxygen atoms in total. The SMILES string of the molecule is CN1C2CCC1CN(S(=O)(=O)c1cc(N)ccc1Br)CC2. The van der Waals surface area contributed by atoms with E-state index >= 15 is 0 Å². The van der Waals surface area contributed by atoms with Crippen LogP contribution in [-0.4, -0.2) is 49.8 Å². The number of rotatable bonds is 2. The van der Waals surface area contributed by atoms with E-state index in [-0.39, 0.29) is 4.90 Å². The Morgan fingerprint density at radius 1 is 1.24 bits per heavy atom. The van der Waals surface area contributed by atoms with Crippen molar-refractivity contribution in [3.8, 4) is 0 Å². The van der Waals surface area contributed by atoms with Crippen LogP contribution in [0.15, 0.2) is 27.6 Å². The highest BCUT2D eigenvalue weighted by Gasteiger charge is 2.39. The predicted octanol–water partition coefficient (Wildman–Crippen LogP) is 1.89. The summed E-state index contributed by atoms with van der Waals surface area (Å²) in [4.78, 5) is 2.60. The number of hydrogen-bond donors (Lipinski definition) is 1. The maximum atomic E-state index is 12.9. The molecule has 0 aromatic heterocycles. The number of nitrogen functional groups attached to an aromatic ring is 1. The van der Waals surface area contributed by atoms with Crippen molar-refractivity contribution in [3.05, 3.63) is 22.7 Å². The lowest BCUT2D eigenvalue weighted by molar-refractivity contribution is 0.246. The zero-order valence-corrected chi connectivity index (χ0v) is 14.4. The van der Waals surface area contributed by atoms with Crippen molar-refractivity contribution in [1.82, 2.24) is 9.21 Å². The second-order valence-corrected chi connectivity index (χ2v) is 8.65. The van der Waals surface area contributed by atoms with E-state index in [2.05, 4.69) is 27.9 Å². The number of halogens is 1. The molecule has 116 valence electrons. The molecular weight excluding hydrogens is 354 g/mol. The minimum absolute atomic E-state index is 0.267. The second kappa shape index (κ2) is 5.53. The van der Waals surface area contributed by atoms with Gasteiger partial charge in [0.05, 0.1) is 4.90 Å². The molecule has 0 amide bonds. The lowest BCUT2D eigenvalue weighted by Gasteiger charge is -2.25. The van der Waals surface area contributed by atoms with E-state index in [1.165, 1.54) is 12.5 Å². The molecule has 2 saturated heterocycles. The predicted molar refractivity (Wildman–Crippen MR) is 86.5 cm³/mol. The number of benzene rings is 1. The molecule has 1 aromatic rings. The molecule has 2 N–H and O–H groups in total. The molecule has 0 radical (unpaired) electrons. The third-order valence-corrected chi connectivity index (χ3v) is 7.54. The van der Waals surface area contributed by atoms with Crippen LogP contribution in [0.2, 0.25) is 0 Å². The van der Waals surface area contributed by atoms with Crippen molar-refractivity contribution in [1.29, 1.82) is 0 Å². The lowest BCUT2D eigenvalue weighted by atomic mass is 10.1. The Labute approximate surface area is 134 Å². The summed E-state index contributed by atoms with van der Waals surface area (Å²) in [5, 5.41) is 0. The number of sulfonamides is 1. The molecule has 7 heteroatoms. The summed E-state index contributed by atoms with van der Waals surface area (Å²) in [6.07, 6.45) is 3.15. The molecule has 0 saturated carbocycles. The first kappa shape index (κ1) is 15.3. The Morgan fingerprint density at radius 3 is 2.71 bits per heavy atom. The van der Waals surface area contributed by atoms with Crippen molar-refractivity contribution < 1.29 is 8.42 Å². The van der Waals surface area contributed by atoms with Crippen LogP contribution in [-0.2, 0) is 10.0 Å². The fraction of sp³-hybridized carbons (Fsp3) is 0.571. The van der Waals surface area contributed by atoms with Gasteiger partial charge in [-0.15, -0.1) is 0 Å². The van der Waals surface area contributed by atoms with Crippen LogP contribution in [0.3, 0.4) is 0 Å². The van der Waals surface area contributed by atoms with Gasteiger partial charge in [-0.25, -0.2) is 8.42 Å². The van der Waals surface area contributed by atoms with E-state index in [1.54, 1.807) is 16.4 Å². The Hall–Kier alpha value is -0.630. The summed E-state index contributed by atoms with van der Waals surface area (Å²) in [6, 6.07) is 5.76. The van der Waals surface area contributed by atoms with E-state index in [9.17, 15) is 8.42 Å². The molecule has 2 bridgehead atoms. The lowest BCUT2D eigenvalue weighted by Crippen LogP contribution is -2.39. The minimum Gasteiger partial charge on any atom is -0.399 e. The molecule has 2 aliphatic heterocycles. The van der Waals surface area contributed by atoms with Gasteiger partial charge >= 0.3 is 0 Å². The summed E-state index contributed by atoms with van der Waals surface area (Å²) in [5.74, 6) is 0. The fourth-order valence-electron chi connectivity index (χ4n) is 3.35. The van der Waals surface area contributed by atoms with Crippen molar-refractivity contribution in [2.75, 3.05) is 25.9 Å². The summed E-state index contributed by atoms with van der Waals surface area (Å²) in [5.41, 5.74) is 6.22. The zero-order chi connectivity index (χ0) is 15.2. The van der Waals surface area contributed by atoms with Gasteiger partial charge < -0.3 is 5.73 Å². The first-order chi connectivity index (χ1) is 9.89. The van der Waals surface area contributed by atoms with Crippen LogP contribution < -0.4 is 5.73 Å². The van der Waals surface area contributed by atoms with Crippen molar-refractivity contribution in [2.24, 2.45) is 0 Å². The summed E-state index contributed by atoms with van der Waals surface area (Å²) >= 11 is 3.33. The second-order valence-electron chi connectivity index (χ2n) is 5.89. The maximum Gasteiger partial charge on any atom is 0.244 e. The first-order valence-corrected chi connectivity index (χ1v) is 9.40. The topological polar surface area (TPSA) is 66.6 Å². The quantitative estimate of drug-likeness (QED) is 0.803. The van der Waals surface area contributed by atoms with Gasteiger partial charge in [-0.2, -0.15) is 4.31 Å². The molecule has 0 spiro atoms. The molecule has 3 rings (SSSR count). The van der Waals surface area contributed by atoms with E-state index in [0.29, 0.717) is 35.3 Å². The Kier molecular flexibility index (Phi) is 4.02. The van der Waals surface area contributed by atoms with Gasteiger partial charge in [0.15, 0.2) is 0 Å². The number of nitrogens with zero attached hydrogens (tertiary/aromatic N) is 2. The van der Waals surface area contributed by atoms with Crippen LogP contribution in [0, 0.1) is 0 Å². The molecule has 1 aromatic carbocycles. The van der Waals surface area contributed by atoms with Crippen molar-refractivity contribution in [2.45, 2.75) is 36.2 Å². The summed E-state index contributed by atoms with van der Waals surface area (Å²) < 4.78 is 28.0. The number of hydrogen-bond acceptors (Lipinski definition) is 4. The van der Waals surface area contributed by atoms with Gasteiger partial charge in [-0.05, 0) is 60.4 Å². The summed E-state index contributed by atoms with van der Waals surface area (Å²) in [6.45, 7) is 1.14. The van der Waals surface area contributed by atoms with Gasteiger partial charge in [0.1, 0.15) is 0 Å². The smallest absolute Gasteiger partial charge is 0.244 e. The van der Waals surface area contributed by atoms with Gasteiger partial charge in [0.25, 0.3) is 0 Å². The summed E-state index contributed by atoms with van der Waals surface area (Å²) in [7, 11) is -1.40. The Balaban J connectivity index is 1.93. The molecule has 2 atom stereocenters. The van der Waals surface area contributed by atoms with Crippen LogP contribution in [0.25, 0.3) is 0 Å². The molecular formula is C14H20BrN3O2S. The van der Waals surface area contributed by atoms with E-state index in [1.807, 2.05) is 0 Å². The molecule has 2 unspecified atom stereocenters. The van der Waals surface area contributed by atoms with Gasteiger partial charge in [0, 0.05) is 35.3 Å². The molecule has 2 fully saturated rings. The number of fused-ring (bicyclic) bond motifs is 2. The highest BCUT2D eigenvalue weighted by molar-refractivity contribution is 9.10. The average Bonchev–Trinajstić information content (AvgIpc) is 2.65. The Bertz CT molecular complexity index is 650. The monoisotopic (exact) mass is 373 g/mol. The minimum atomic E-state index is -3.50. The van der Waals surface area contributed by atoms with Gasteiger partial charge in [0.2, 0.25) is 10.0 Å². The van der Waals surface area contributed by atoms with E-state index in [4.69, 9.17) is 5.73 Å². The molecule has 21 heavy (non-hydrogen) atoms. The third-order valence-electron chi connectivity index (χ3n) is 4.68. The third kappa shape index (κ3) is 2.72. The van der Waals surface area contributed by atoms with Crippen molar-refractivity contribution >= 4 is 31.6 Å². The van der Waals surface area contributed by atoms with E-state index in [0.717, 1.165) is 12.8 Å². The average molecular weight is 374 g/mol. The number of likely N-dealkylation sites (N-methyl/N-ethyl adjacent to an activating group) is 1. The number of nitrogens with two attached hydrogens (primary N) is 1. The van der Waals surface area contributed by atoms with Gasteiger partial charge in [-0.3, -0.25) is 4.90 Å². The van der Waals surface area contributed by atoms with Crippen LogP contribution in [0.5, 0.6) is 0 Å².